The van der Waals surface area contributed by atoms with Gasteiger partial charge in [-0.1, -0.05) is 0 Å². The highest BCUT2D eigenvalue weighted by Crippen LogP contribution is 2.63. The van der Waals surface area contributed by atoms with E-state index in [-0.39, 0.29) is 19.6 Å². The Hall–Kier alpha value is 0.187. The van der Waals surface area contributed by atoms with Gasteiger partial charge in [-0.2, -0.15) is 8.78 Å². The first-order valence-electron chi connectivity index (χ1n) is 7.05. The first kappa shape index (κ1) is 20.2. The third-order valence-electron chi connectivity index (χ3n) is 2.79. The van der Waals surface area contributed by atoms with Crippen LogP contribution in [0.25, 0.3) is 0 Å². The van der Waals surface area contributed by atoms with Crippen molar-refractivity contribution in [1.82, 2.24) is 0 Å². The average molecular weight is 332 g/mol. The van der Waals surface area contributed by atoms with Crippen LogP contribution in [0, 0.1) is 0 Å². The molecule has 0 heterocycles. The summed E-state index contributed by atoms with van der Waals surface area (Å²) >= 11 is 0. The summed E-state index contributed by atoms with van der Waals surface area (Å²) in [6.07, 6.45) is -0.260. The van der Waals surface area contributed by atoms with Gasteiger partial charge in [0.15, 0.2) is 8.32 Å². The van der Waals surface area contributed by atoms with E-state index in [1.165, 1.54) is 13.8 Å². The minimum absolute atomic E-state index is 0.0634. The van der Waals surface area contributed by atoms with Crippen LogP contribution in [-0.2, 0) is 18.0 Å². The van der Waals surface area contributed by atoms with Gasteiger partial charge >= 0.3 is 13.3 Å². The van der Waals surface area contributed by atoms with Crippen LogP contribution in [-0.4, -0.2) is 33.8 Å². The van der Waals surface area contributed by atoms with Crippen LogP contribution in [0.4, 0.5) is 8.78 Å². The van der Waals surface area contributed by atoms with Gasteiger partial charge in [0.25, 0.3) is 0 Å². The van der Waals surface area contributed by atoms with Gasteiger partial charge in [0.1, 0.15) is 0 Å². The first-order valence-corrected chi connectivity index (χ1v) is 11.7. The molecule has 0 aromatic rings. The molecule has 4 nitrogen and oxygen atoms in total. The Bertz CT molecular complexity index is 317. The van der Waals surface area contributed by atoms with E-state index in [4.69, 9.17) is 13.5 Å². The van der Waals surface area contributed by atoms with Crippen molar-refractivity contribution < 1.29 is 26.8 Å². The second-order valence-electron chi connectivity index (χ2n) is 5.05. The van der Waals surface area contributed by atoms with Crippen molar-refractivity contribution in [2.75, 3.05) is 19.8 Å². The Balaban J connectivity index is 4.59. The molecule has 0 fully saturated rings. The largest absolute Gasteiger partial charge is 0.418 e. The molecule has 0 aliphatic heterocycles. The Kier molecular flexibility index (Phi) is 8.67. The fourth-order valence-corrected chi connectivity index (χ4v) is 5.41. The molecule has 0 N–H and O–H groups in total. The molecule has 0 atom stereocenters. The predicted molar refractivity (Wildman–Crippen MR) is 79.0 cm³/mol. The molecule has 0 amide bonds. The van der Waals surface area contributed by atoms with Crippen LogP contribution >= 0.6 is 7.60 Å². The fraction of sp³-hybridized carbons (Fsp3) is 1.00. The Morgan fingerprint density at radius 2 is 1.55 bits per heavy atom. The van der Waals surface area contributed by atoms with E-state index >= 15 is 0 Å². The lowest BCUT2D eigenvalue weighted by Gasteiger charge is -2.27. The van der Waals surface area contributed by atoms with Crippen LogP contribution in [0.1, 0.15) is 33.6 Å². The monoisotopic (exact) mass is 332 g/mol. The SMILES string of the molecule is CCO[Si](C)(C)CCCC(F)(F)P(=O)(OCC)OCC. The van der Waals surface area contributed by atoms with Crippen molar-refractivity contribution in [3.8, 4) is 0 Å². The molecule has 0 bridgehead atoms. The average Bonchev–Trinajstić information content (AvgIpc) is 2.28. The highest BCUT2D eigenvalue weighted by atomic mass is 31.2. The second-order valence-corrected chi connectivity index (χ2v) is 11.5. The molecule has 0 saturated heterocycles. The van der Waals surface area contributed by atoms with Crippen LogP contribution < -0.4 is 0 Å². The van der Waals surface area contributed by atoms with Gasteiger partial charge in [-0.05, 0) is 46.3 Å². The molecule has 0 radical (unpaired) electrons. The molecule has 0 aromatic carbocycles. The highest BCUT2D eigenvalue weighted by Gasteiger charge is 2.52. The quantitative estimate of drug-likeness (QED) is 0.400. The van der Waals surface area contributed by atoms with Gasteiger partial charge < -0.3 is 13.5 Å². The lowest BCUT2D eigenvalue weighted by Crippen LogP contribution is -2.31. The normalized spacial score (nSPS) is 13.8. The third kappa shape index (κ3) is 6.31. The van der Waals surface area contributed by atoms with Crippen LogP contribution in [0.2, 0.25) is 19.1 Å². The molecule has 0 saturated carbocycles. The zero-order chi connectivity index (χ0) is 15.9. The molecule has 0 unspecified atom stereocenters. The summed E-state index contributed by atoms with van der Waals surface area (Å²) in [6, 6.07) is 0.592. The summed E-state index contributed by atoms with van der Waals surface area (Å²) in [7, 11) is -6.28. The minimum atomic E-state index is -4.38. The van der Waals surface area contributed by atoms with Crippen molar-refractivity contribution in [2.24, 2.45) is 0 Å². The number of hydrogen-bond donors (Lipinski definition) is 0. The molecule has 0 spiro atoms. The molecule has 0 aliphatic rings. The maximum absolute atomic E-state index is 14.1. The van der Waals surface area contributed by atoms with Crippen molar-refractivity contribution in [1.29, 1.82) is 0 Å². The summed E-state index contributed by atoms with van der Waals surface area (Å²) in [4.78, 5) is 0. The Morgan fingerprint density at radius 1 is 1.05 bits per heavy atom. The topological polar surface area (TPSA) is 44.8 Å². The van der Waals surface area contributed by atoms with Crippen LogP contribution in [0.15, 0.2) is 0 Å². The summed E-state index contributed by atoms with van der Waals surface area (Å²) in [5.74, 6) is 0. The van der Waals surface area contributed by atoms with Crippen molar-refractivity contribution in [2.45, 2.75) is 58.4 Å². The van der Waals surface area contributed by atoms with E-state index in [1.807, 2.05) is 20.0 Å². The van der Waals surface area contributed by atoms with Gasteiger partial charge in [0.2, 0.25) is 0 Å². The summed E-state index contributed by atoms with van der Waals surface area (Å²) in [5.41, 5.74) is -3.45. The van der Waals surface area contributed by atoms with Crippen molar-refractivity contribution >= 4 is 15.9 Å². The molecular formula is C12H27F2O4PSi. The summed E-state index contributed by atoms with van der Waals surface area (Å²) in [6.45, 7) is 9.37. The van der Waals surface area contributed by atoms with E-state index in [0.717, 1.165) is 0 Å². The molecule has 122 valence electrons. The number of rotatable bonds is 11. The van der Waals surface area contributed by atoms with Crippen LogP contribution in [0.3, 0.4) is 0 Å². The molecule has 0 rings (SSSR count). The first-order chi connectivity index (χ1) is 9.14. The summed E-state index contributed by atoms with van der Waals surface area (Å²) in [5, 5.41) is 0. The number of hydrogen-bond acceptors (Lipinski definition) is 4. The van der Waals surface area contributed by atoms with Crippen LogP contribution in [0.5, 0.6) is 0 Å². The maximum atomic E-state index is 14.1. The molecule has 0 aliphatic carbocycles. The standard InChI is InChI=1S/C12H27F2O4PSi/c1-6-16-19(15,17-7-2)12(13,14)10-9-11-20(4,5)18-8-3/h6-11H2,1-5H3. The second kappa shape index (κ2) is 8.59. The molecular weight excluding hydrogens is 305 g/mol. The van der Waals surface area contributed by atoms with E-state index in [1.54, 1.807) is 0 Å². The minimum Gasteiger partial charge on any atom is -0.418 e. The van der Waals surface area contributed by atoms with Gasteiger partial charge in [-0.25, -0.2) is 0 Å². The molecule has 8 heteroatoms. The Morgan fingerprint density at radius 3 is 1.95 bits per heavy atom. The highest BCUT2D eigenvalue weighted by molar-refractivity contribution is 7.55. The maximum Gasteiger partial charge on any atom is 0.399 e. The summed E-state index contributed by atoms with van der Waals surface area (Å²) < 4.78 is 55.3. The predicted octanol–water partition coefficient (Wildman–Crippen LogP) is 4.87. The van der Waals surface area contributed by atoms with E-state index < -0.39 is 28.0 Å². The zero-order valence-electron chi connectivity index (χ0n) is 13.1. The molecule has 0 aromatic heterocycles. The van der Waals surface area contributed by atoms with E-state index in [2.05, 4.69) is 0 Å². The van der Waals surface area contributed by atoms with Gasteiger partial charge in [-0.15, -0.1) is 0 Å². The smallest absolute Gasteiger partial charge is 0.399 e. The van der Waals surface area contributed by atoms with Crippen molar-refractivity contribution in [3.63, 3.8) is 0 Å². The lowest BCUT2D eigenvalue weighted by molar-refractivity contribution is 0.0308. The van der Waals surface area contributed by atoms with Gasteiger partial charge in [0.05, 0.1) is 13.2 Å². The van der Waals surface area contributed by atoms with E-state index in [0.29, 0.717) is 12.7 Å². The van der Waals surface area contributed by atoms with E-state index in [9.17, 15) is 13.3 Å². The Labute approximate surface area is 121 Å². The zero-order valence-corrected chi connectivity index (χ0v) is 15.0. The lowest BCUT2D eigenvalue weighted by atomic mass is 10.3. The molecule has 20 heavy (non-hydrogen) atoms. The van der Waals surface area contributed by atoms with Gasteiger partial charge in [-0.3, -0.25) is 4.57 Å². The number of halogens is 2. The number of alkyl halides is 2. The van der Waals surface area contributed by atoms with Gasteiger partial charge in [0, 0.05) is 13.0 Å². The fourth-order valence-electron chi connectivity index (χ4n) is 1.89. The van der Waals surface area contributed by atoms with Crippen molar-refractivity contribution in [3.05, 3.63) is 0 Å². The third-order valence-corrected chi connectivity index (χ3v) is 7.64.